The molecule has 0 radical (unpaired) electrons. The third-order valence-corrected chi connectivity index (χ3v) is 4.25. The Kier molecular flexibility index (Phi) is 4.42. The van der Waals surface area contributed by atoms with Crippen molar-refractivity contribution < 1.29 is 13.6 Å². The second-order valence-corrected chi connectivity index (χ2v) is 6.07. The first-order chi connectivity index (χ1) is 13.2. The molecule has 7 heteroatoms. The lowest BCUT2D eigenvalue weighted by molar-refractivity contribution is -0.116. The zero-order valence-electron chi connectivity index (χ0n) is 14.6. The van der Waals surface area contributed by atoms with Crippen LogP contribution in [0.4, 0.5) is 10.1 Å². The summed E-state index contributed by atoms with van der Waals surface area (Å²) in [7, 11) is 0. The Labute approximate surface area is 154 Å². The van der Waals surface area contributed by atoms with Gasteiger partial charge in [0.1, 0.15) is 12.4 Å². The molecule has 1 amide bonds. The highest BCUT2D eigenvalue weighted by atomic mass is 19.1. The number of carbonyl (C=O) groups excluding carboxylic acids is 1. The normalized spacial score (nSPS) is 11.0. The van der Waals surface area contributed by atoms with Crippen LogP contribution < -0.4 is 5.32 Å². The highest BCUT2D eigenvalue weighted by molar-refractivity contribution is 5.96. The molecule has 0 aliphatic carbocycles. The SMILES string of the molecule is CCc1nnc(-c2cn(CC(=O)Nc3ccccc3F)c3ccccc23)o1. The number of nitrogens with one attached hydrogen (secondary N) is 1. The van der Waals surface area contributed by atoms with Gasteiger partial charge in [0.15, 0.2) is 0 Å². The molecule has 4 aromatic rings. The van der Waals surface area contributed by atoms with E-state index in [9.17, 15) is 9.18 Å². The standard InChI is InChI=1S/C20H17FN4O2/c1-2-19-23-24-20(27-19)14-11-25(17-10-6-3-7-13(14)17)12-18(26)22-16-9-5-4-8-15(16)21/h3-11H,2,12H2,1H3,(H,22,26). The van der Waals surface area contributed by atoms with Crippen LogP contribution >= 0.6 is 0 Å². The fourth-order valence-corrected chi connectivity index (χ4v) is 2.96. The van der Waals surface area contributed by atoms with Crippen LogP contribution in [0.5, 0.6) is 0 Å². The van der Waals surface area contributed by atoms with Gasteiger partial charge in [-0.05, 0) is 18.2 Å². The Hall–Kier alpha value is -3.48. The number of anilines is 1. The summed E-state index contributed by atoms with van der Waals surface area (Å²) in [4.78, 5) is 12.4. The zero-order chi connectivity index (χ0) is 18.8. The van der Waals surface area contributed by atoms with Crippen molar-refractivity contribution in [2.75, 3.05) is 5.32 Å². The van der Waals surface area contributed by atoms with Crippen LogP contribution in [0, 0.1) is 5.82 Å². The van der Waals surface area contributed by atoms with Crippen molar-refractivity contribution in [3.05, 3.63) is 66.4 Å². The van der Waals surface area contributed by atoms with Crippen molar-refractivity contribution in [2.24, 2.45) is 0 Å². The summed E-state index contributed by atoms with van der Waals surface area (Å²) in [5.41, 5.74) is 1.77. The highest BCUT2D eigenvalue weighted by Crippen LogP contribution is 2.30. The van der Waals surface area contributed by atoms with Gasteiger partial charge in [0.25, 0.3) is 0 Å². The maximum atomic E-state index is 13.8. The van der Waals surface area contributed by atoms with Crippen LogP contribution in [0.2, 0.25) is 0 Å². The maximum Gasteiger partial charge on any atom is 0.249 e. The molecule has 1 N–H and O–H groups in total. The topological polar surface area (TPSA) is 73.0 Å². The molecule has 0 unspecified atom stereocenters. The predicted octanol–water partition coefficient (Wildman–Crippen LogP) is 4.03. The van der Waals surface area contributed by atoms with Gasteiger partial charge in [-0.25, -0.2) is 4.39 Å². The lowest BCUT2D eigenvalue weighted by Crippen LogP contribution is -2.18. The molecular formula is C20H17FN4O2. The minimum Gasteiger partial charge on any atom is -0.421 e. The van der Waals surface area contributed by atoms with E-state index in [0.29, 0.717) is 18.2 Å². The van der Waals surface area contributed by atoms with E-state index in [0.717, 1.165) is 16.5 Å². The van der Waals surface area contributed by atoms with Crippen molar-refractivity contribution >= 4 is 22.5 Å². The number of rotatable bonds is 5. The smallest absolute Gasteiger partial charge is 0.249 e. The third-order valence-electron chi connectivity index (χ3n) is 4.25. The number of para-hydroxylation sites is 2. The second kappa shape index (κ2) is 7.03. The van der Waals surface area contributed by atoms with Crippen molar-refractivity contribution in [3.8, 4) is 11.5 Å². The predicted molar refractivity (Wildman–Crippen MR) is 99.6 cm³/mol. The summed E-state index contributed by atoms with van der Waals surface area (Å²) in [5.74, 6) is 0.171. The zero-order valence-corrected chi connectivity index (χ0v) is 14.6. The molecule has 2 heterocycles. The van der Waals surface area contributed by atoms with E-state index in [2.05, 4.69) is 15.5 Å². The van der Waals surface area contributed by atoms with Gasteiger partial charge < -0.3 is 14.3 Å². The van der Waals surface area contributed by atoms with Gasteiger partial charge in [-0.1, -0.05) is 37.3 Å². The van der Waals surface area contributed by atoms with E-state index in [1.807, 2.05) is 31.2 Å². The minimum atomic E-state index is -0.471. The second-order valence-electron chi connectivity index (χ2n) is 6.07. The van der Waals surface area contributed by atoms with Crippen LogP contribution in [0.1, 0.15) is 12.8 Å². The molecule has 136 valence electrons. The molecule has 0 aliphatic rings. The van der Waals surface area contributed by atoms with Crippen molar-refractivity contribution in [2.45, 2.75) is 19.9 Å². The number of aromatic nitrogens is 3. The number of nitrogens with zero attached hydrogens (tertiary/aromatic N) is 3. The first kappa shape index (κ1) is 17.0. The van der Waals surface area contributed by atoms with Crippen LogP contribution in [0.25, 0.3) is 22.4 Å². The number of benzene rings is 2. The van der Waals surface area contributed by atoms with Gasteiger partial charge in [0, 0.05) is 23.5 Å². The molecule has 4 rings (SSSR count). The number of aryl methyl sites for hydroxylation is 1. The molecule has 2 aromatic carbocycles. The molecule has 0 saturated heterocycles. The summed E-state index contributed by atoms with van der Waals surface area (Å²) in [6.07, 6.45) is 2.45. The molecule has 0 spiro atoms. The fourth-order valence-electron chi connectivity index (χ4n) is 2.96. The number of hydrogen-bond acceptors (Lipinski definition) is 4. The van der Waals surface area contributed by atoms with E-state index < -0.39 is 5.82 Å². The van der Waals surface area contributed by atoms with E-state index in [1.54, 1.807) is 22.9 Å². The lowest BCUT2D eigenvalue weighted by Gasteiger charge is -2.08. The van der Waals surface area contributed by atoms with Crippen molar-refractivity contribution in [1.29, 1.82) is 0 Å². The van der Waals surface area contributed by atoms with E-state index in [-0.39, 0.29) is 18.1 Å². The van der Waals surface area contributed by atoms with Gasteiger partial charge >= 0.3 is 0 Å². The summed E-state index contributed by atoms with van der Waals surface area (Å²) >= 11 is 0. The molecule has 0 fully saturated rings. The summed E-state index contributed by atoms with van der Waals surface area (Å²) in [5, 5.41) is 11.6. The van der Waals surface area contributed by atoms with E-state index >= 15 is 0 Å². The summed E-state index contributed by atoms with van der Waals surface area (Å²) in [6.45, 7) is 1.97. The number of fused-ring (bicyclic) bond motifs is 1. The summed E-state index contributed by atoms with van der Waals surface area (Å²) < 4.78 is 21.2. The number of carbonyl (C=O) groups is 1. The molecule has 2 aromatic heterocycles. The molecule has 0 aliphatic heterocycles. The molecule has 0 bridgehead atoms. The highest BCUT2D eigenvalue weighted by Gasteiger charge is 2.17. The minimum absolute atomic E-state index is 0.0314. The number of halogens is 1. The molecule has 0 atom stereocenters. The lowest BCUT2D eigenvalue weighted by atomic mass is 10.2. The molecule has 6 nitrogen and oxygen atoms in total. The van der Waals surface area contributed by atoms with Crippen LogP contribution in [-0.4, -0.2) is 20.7 Å². The maximum absolute atomic E-state index is 13.8. The first-order valence-electron chi connectivity index (χ1n) is 8.60. The van der Waals surface area contributed by atoms with Gasteiger partial charge in [0.2, 0.25) is 17.7 Å². The van der Waals surface area contributed by atoms with Gasteiger partial charge in [0.05, 0.1) is 11.3 Å². The Bertz CT molecular complexity index is 1120. The van der Waals surface area contributed by atoms with Gasteiger partial charge in [-0.15, -0.1) is 10.2 Å². The van der Waals surface area contributed by atoms with Crippen molar-refractivity contribution in [3.63, 3.8) is 0 Å². The summed E-state index contributed by atoms with van der Waals surface area (Å²) in [6, 6.07) is 13.7. The van der Waals surface area contributed by atoms with Crippen LogP contribution in [0.15, 0.2) is 59.1 Å². The monoisotopic (exact) mass is 364 g/mol. The quantitative estimate of drug-likeness (QED) is 0.580. The van der Waals surface area contributed by atoms with Gasteiger partial charge in [-0.3, -0.25) is 4.79 Å². The number of amides is 1. The van der Waals surface area contributed by atoms with Gasteiger partial charge in [-0.2, -0.15) is 0 Å². The Balaban J connectivity index is 1.66. The Morgan fingerprint density at radius 1 is 1.15 bits per heavy atom. The largest absolute Gasteiger partial charge is 0.421 e. The Morgan fingerprint density at radius 2 is 1.93 bits per heavy atom. The average molecular weight is 364 g/mol. The molecule has 27 heavy (non-hydrogen) atoms. The molecular weight excluding hydrogens is 347 g/mol. The van der Waals surface area contributed by atoms with E-state index in [4.69, 9.17) is 4.42 Å². The molecule has 0 saturated carbocycles. The fraction of sp³-hybridized carbons (Fsp3) is 0.150. The first-order valence-corrected chi connectivity index (χ1v) is 8.60. The third kappa shape index (κ3) is 3.31. The van der Waals surface area contributed by atoms with E-state index in [1.165, 1.54) is 12.1 Å². The number of hydrogen-bond donors (Lipinski definition) is 1. The van der Waals surface area contributed by atoms with Crippen LogP contribution in [-0.2, 0) is 17.8 Å². The van der Waals surface area contributed by atoms with Crippen LogP contribution in [0.3, 0.4) is 0 Å². The Morgan fingerprint density at radius 3 is 2.70 bits per heavy atom. The van der Waals surface area contributed by atoms with Crippen molar-refractivity contribution in [1.82, 2.24) is 14.8 Å². The average Bonchev–Trinajstić information content (AvgIpc) is 3.29.